The number of rotatable bonds is 0. The molecule has 0 saturated heterocycles. The topological polar surface area (TPSA) is 37.3 Å². The van der Waals surface area contributed by atoms with Crippen molar-refractivity contribution in [1.82, 2.24) is 0 Å². The molecule has 2 heteroatoms. The summed E-state index contributed by atoms with van der Waals surface area (Å²) in [5, 5.41) is 11.0. The van der Waals surface area contributed by atoms with Gasteiger partial charge in [0.25, 0.3) is 0 Å². The maximum Gasteiger partial charge on any atom is 0.155 e. The molecule has 0 aliphatic heterocycles. The molecule has 0 amide bonds. The summed E-state index contributed by atoms with van der Waals surface area (Å²) < 4.78 is 0. The van der Waals surface area contributed by atoms with Crippen molar-refractivity contribution in [2.24, 2.45) is 29.1 Å². The highest BCUT2D eigenvalue weighted by Gasteiger charge is 2.62. The average Bonchev–Trinajstić information content (AvgIpc) is 2.78. The molecule has 0 aromatic carbocycles. The van der Waals surface area contributed by atoms with Crippen molar-refractivity contribution in [2.75, 3.05) is 0 Å². The Morgan fingerprint density at radius 3 is 2.87 bits per heavy atom. The van der Waals surface area contributed by atoms with Gasteiger partial charge in [-0.05, 0) is 68.3 Å². The van der Waals surface area contributed by atoms with E-state index in [1.54, 1.807) is 0 Å². The lowest BCUT2D eigenvalue weighted by Crippen LogP contribution is -2.52. The largest absolute Gasteiger partial charge is 0.377 e. The fourth-order valence-corrected chi connectivity index (χ4v) is 6.45. The Kier molecular flexibility index (Phi) is 3.20. The minimum atomic E-state index is -0.982. The molecule has 0 aromatic heterocycles. The van der Waals surface area contributed by atoms with Crippen molar-refractivity contribution in [2.45, 2.75) is 57.5 Å². The molecule has 23 heavy (non-hydrogen) atoms. The molecule has 6 atom stereocenters. The van der Waals surface area contributed by atoms with Crippen molar-refractivity contribution in [3.05, 3.63) is 23.8 Å². The number of carbonyl (C=O) groups is 1. The van der Waals surface area contributed by atoms with Gasteiger partial charge in [0.1, 0.15) is 5.60 Å². The predicted octanol–water partition coefficient (Wildman–Crippen LogP) is 3.66. The van der Waals surface area contributed by atoms with Gasteiger partial charge >= 0.3 is 0 Å². The van der Waals surface area contributed by atoms with Crippen LogP contribution in [0.3, 0.4) is 0 Å². The summed E-state index contributed by atoms with van der Waals surface area (Å²) in [6, 6.07) is 0. The van der Waals surface area contributed by atoms with Crippen LogP contribution < -0.4 is 0 Å². The highest BCUT2D eigenvalue weighted by Crippen LogP contribution is 2.65. The van der Waals surface area contributed by atoms with Gasteiger partial charge in [0.05, 0.1) is 0 Å². The summed E-state index contributed by atoms with van der Waals surface area (Å²) in [5.74, 6) is 5.05. The molecule has 4 aliphatic rings. The van der Waals surface area contributed by atoms with E-state index < -0.39 is 5.60 Å². The Hall–Kier alpha value is -1.33. The van der Waals surface area contributed by atoms with Crippen LogP contribution in [-0.2, 0) is 4.79 Å². The van der Waals surface area contributed by atoms with E-state index in [1.807, 2.05) is 6.08 Å². The van der Waals surface area contributed by atoms with E-state index in [1.165, 1.54) is 11.1 Å². The quantitative estimate of drug-likeness (QED) is 0.548. The fourth-order valence-electron chi connectivity index (χ4n) is 6.45. The Bertz CT molecular complexity index is 651. The van der Waals surface area contributed by atoms with Crippen LogP contribution in [0.15, 0.2) is 23.8 Å². The summed E-state index contributed by atoms with van der Waals surface area (Å²) in [7, 11) is 0. The van der Waals surface area contributed by atoms with Crippen LogP contribution in [-0.4, -0.2) is 16.5 Å². The van der Waals surface area contributed by atoms with Crippen LogP contribution in [0, 0.1) is 41.4 Å². The van der Waals surface area contributed by atoms with Gasteiger partial charge in [-0.25, -0.2) is 0 Å². The summed E-state index contributed by atoms with van der Waals surface area (Å²) >= 11 is 0. The zero-order valence-electron chi connectivity index (χ0n) is 14.0. The van der Waals surface area contributed by atoms with Gasteiger partial charge < -0.3 is 5.11 Å². The minimum absolute atomic E-state index is 0.230. The van der Waals surface area contributed by atoms with Crippen molar-refractivity contribution >= 4 is 5.78 Å². The molecule has 3 fully saturated rings. The van der Waals surface area contributed by atoms with Crippen LogP contribution in [0.2, 0.25) is 0 Å². The second-order valence-electron chi connectivity index (χ2n) is 8.46. The number of carbonyl (C=O) groups excluding carboxylic acids is 1. The molecule has 0 spiro atoms. The van der Waals surface area contributed by atoms with Crippen LogP contribution in [0.5, 0.6) is 0 Å². The number of hydrogen-bond acceptors (Lipinski definition) is 2. The van der Waals surface area contributed by atoms with Gasteiger partial charge in [-0.2, -0.15) is 0 Å². The van der Waals surface area contributed by atoms with E-state index in [4.69, 9.17) is 6.42 Å². The van der Waals surface area contributed by atoms with E-state index in [9.17, 15) is 9.90 Å². The number of terminal acetylenes is 1. The Morgan fingerprint density at radius 1 is 1.35 bits per heavy atom. The second-order valence-corrected chi connectivity index (χ2v) is 8.46. The van der Waals surface area contributed by atoms with Gasteiger partial charge in [0, 0.05) is 11.8 Å². The highest BCUT2D eigenvalue weighted by molar-refractivity contribution is 5.91. The van der Waals surface area contributed by atoms with E-state index >= 15 is 0 Å². The molecule has 122 valence electrons. The zero-order valence-corrected chi connectivity index (χ0v) is 14.0. The lowest BCUT2D eigenvalue weighted by Gasteiger charge is -2.55. The van der Waals surface area contributed by atoms with Crippen molar-refractivity contribution in [1.29, 1.82) is 0 Å². The molecule has 0 unspecified atom stereocenters. The summed E-state index contributed by atoms with van der Waals surface area (Å²) in [6.07, 6.45) is 14.0. The molecule has 2 nitrogen and oxygen atoms in total. The zero-order chi connectivity index (χ0) is 16.4. The first kappa shape index (κ1) is 15.2. The number of allylic oxidation sites excluding steroid dienone is 2. The van der Waals surface area contributed by atoms with Gasteiger partial charge in [-0.3, -0.25) is 4.79 Å². The van der Waals surface area contributed by atoms with Gasteiger partial charge in [0.15, 0.2) is 5.78 Å². The maximum atomic E-state index is 11.8. The Balaban J connectivity index is 1.72. The minimum Gasteiger partial charge on any atom is -0.377 e. The molecule has 0 bridgehead atoms. The van der Waals surface area contributed by atoms with E-state index in [2.05, 4.69) is 19.4 Å². The SMILES string of the molecule is C#C[C@@]1(O)CC[C@@H]2[C@H]3CCC4=CC(=O)CC[C@H]4[C@@H]3C(=C)C[C@]21C. The third-order valence-corrected chi connectivity index (χ3v) is 7.59. The Labute approximate surface area is 139 Å². The lowest BCUT2D eigenvalue weighted by atomic mass is 9.49. The fraction of sp³-hybridized carbons (Fsp3) is 0.667. The van der Waals surface area contributed by atoms with Gasteiger partial charge in [-0.1, -0.05) is 30.6 Å². The monoisotopic (exact) mass is 310 g/mol. The lowest BCUT2D eigenvalue weighted by molar-refractivity contribution is -0.116. The smallest absolute Gasteiger partial charge is 0.155 e. The normalized spacial score (nSPS) is 48.8. The van der Waals surface area contributed by atoms with E-state index in [0.29, 0.717) is 42.3 Å². The molecule has 0 aromatic rings. The first-order chi connectivity index (χ1) is 10.9. The molecular formula is C21H26O2. The number of ketones is 1. The highest BCUT2D eigenvalue weighted by atomic mass is 16.3. The molecular weight excluding hydrogens is 284 g/mol. The third-order valence-electron chi connectivity index (χ3n) is 7.59. The molecule has 0 heterocycles. The Morgan fingerprint density at radius 2 is 2.13 bits per heavy atom. The van der Waals surface area contributed by atoms with E-state index in [0.717, 1.165) is 32.1 Å². The standard InChI is InChI=1S/C21H26O2/c1-4-21(23)10-9-18-17-7-5-14-11-15(22)6-8-16(14)19(17)13(2)12-20(18,21)3/h1,11,16-19,23H,2,5-10,12H2,3H3/t16-,17-,18-,19+,20-,21-/m1/s1. The number of hydrogen-bond donors (Lipinski definition) is 1. The van der Waals surface area contributed by atoms with E-state index in [-0.39, 0.29) is 5.41 Å². The second kappa shape index (κ2) is 4.84. The summed E-state index contributed by atoms with van der Waals surface area (Å²) in [5.41, 5.74) is 1.40. The molecule has 0 radical (unpaired) electrons. The van der Waals surface area contributed by atoms with Crippen molar-refractivity contribution < 1.29 is 9.90 Å². The molecule has 3 saturated carbocycles. The van der Waals surface area contributed by atoms with Crippen LogP contribution in [0.4, 0.5) is 0 Å². The third kappa shape index (κ3) is 1.89. The number of aliphatic hydroxyl groups is 1. The average molecular weight is 310 g/mol. The predicted molar refractivity (Wildman–Crippen MR) is 90.4 cm³/mol. The molecule has 4 rings (SSSR count). The van der Waals surface area contributed by atoms with Gasteiger partial charge in [-0.15, -0.1) is 6.42 Å². The van der Waals surface area contributed by atoms with Gasteiger partial charge in [0.2, 0.25) is 0 Å². The maximum absolute atomic E-state index is 11.8. The summed E-state index contributed by atoms with van der Waals surface area (Å²) in [6.45, 7) is 6.60. The van der Waals surface area contributed by atoms with Crippen LogP contribution in [0.1, 0.15) is 51.9 Å². The first-order valence-electron chi connectivity index (χ1n) is 9.01. The van der Waals surface area contributed by atoms with Crippen LogP contribution >= 0.6 is 0 Å². The molecule has 4 aliphatic carbocycles. The summed E-state index contributed by atoms with van der Waals surface area (Å²) in [4.78, 5) is 11.8. The number of fused-ring (bicyclic) bond motifs is 5. The first-order valence-corrected chi connectivity index (χ1v) is 9.01. The van der Waals surface area contributed by atoms with Crippen LogP contribution in [0.25, 0.3) is 0 Å². The molecule has 1 N–H and O–H groups in total. The van der Waals surface area contributed by atoms with Crippen molar-refractivity contribution in [3.8, 4) is 12.3 Å². The van der Waals surface area contributed by atoms with Crippen molar-refractivity contribution in [3.63, 3.8) is 0 Å².